The molecule has 0 bridgehead atoms. The van der Waals surface area contributed by atoms with Crippen LogP contribution in [-0.2, 0) is 26.3 Å². The molecule has 10 heteroatoms. The summed E-state index contributed by atoms with van der Waals surface area (Å²) >= 11 is 0. The summed E-state index contributed by atoms with van der Waals surface area (Å²) in [5.41, 5.74) is -0.221. The van der Waals surface area contributed by atoms with Gasteiger partial charge in [-0.3, -0.25) is 19.8 Å². The number of amides is 5. The second-order valence-corrected chi connectivity index (χ2v) is 9.25. The molecule has 34 heavy (non-hydrogen) atoms. The Morgan fingerprint density at radius 2 is 1.88 bits per heavy atom. The second-order valence-electron chi connectivity index (χ2n) is 9.25. The van der Waals surface area contributed by atoms with E-state index in [9.17, 15) is 23.6 Å². The Morgan fingerprint density at radius 1 is 1.15 bits per heavy atom. The number of nitrogens with one attached hydrogen (secondary N) is 3. The average Bonchev–Trinajstić information content (AvgIpc) is 3.22. The number of ether oxygens (including phenoxy) is 1. The Hall–Kier alpha value is -3.95. The number of benzene rings is 2. The Kier molecular flexibility index (Phi) is 5.76. The SMILES string of the molecule is CC(C)(C)OC(=O)Nc1cc(NC(=O)CN2C(=O)NC3(CCc4ccccc43)C2=O)ccc1F. The van der Waals surface area contributed by atoms with E-state index in [4.69, 9.17) is 4.74 Å². The van der Waals surface area contributed by atoms with Crippen LogP contribution >= 0.6 is 0 Å². The molecule has 2 aromatic rings. The number of rotatable bonds is 4. The number of fused-ring (bicyclic) bond motifs is 2. The topological polar surface area (TPSA) is 117 Å². The van der Waals surface area contributed by atoms with Gasteiger partial charge in [0.2, 0.25) is 5.91 Å². The highest BCUT2D eigenvalue weighted by atomic mass is 19.1. The number of halogens is 1. The molecule has 1 unspecified atom stereocenters. The van der Waals surface area contributed by atoms with Crippen LogP contribution in [-0.4, -0.2) is 41.0 Å². The first-order valence-corrected chi connectivity index (χ1v) is 10.8. The molecule has 5 amide bonds. The van der Waals surface area contributed by atoms with Gasteiger partial charge < -0.3 is 15.4 Å². The predicted octanol–water partition coefficient (Wildman–Crippen LogP) is 3.50. The van der Waals surface area contributed by atoms with E-state index >= 15 is 0 Å². The van der Waals surface area contributed by atoms with Crippen LogP contribution in [0.3, 0.4) is 0 Å². The Morgan fingerprint density at radius 3 is 2.62 bits per heavy atom. The van der Waals surface area contributed by atoms with Crippen LogP contribution in [0, 0.1) is 5.82 Å². The molecule has 1 spiro atoms. The number of anilines is 2. The maximum absolute atomic E-state index is 14.1. The van der Waals surface area contributed by atoms with Crippen LogP contribution in [0.2, 0.25) is 0 Å². The van der Waals surface area contributed by atoms with E-state index in [1.54, 1.807) is 26.8 Å². The minimum Gasteiger partial charge on any atom is -0.444 e. The van der Waals surface area contributed by atoms with Crippen molar-refractivity contribution in [2.75, 3.05) is 17.2 Å². The number of urea groups is 1. The largest absolute Gasteiger partial charge is 0.444 e. The zero-order valence-corrected chi connectivity index (χ0v) is 19.0. The molecule has 1 aliphatic heterocycles. The summed E-state index contributed by atoms with van der Waals surface area (Å²) in [6.45, 7) is 4.50. The lowest BCUT2D eigenvalue weighted by atomic mass is 9.92. The van der Waals surface area contributed by atoms with Crippen LogP contribution in [0.15, 0.2) is 42.5 Å². The molecule has 0 radical (unpaired) electrons. The zero-order chi connectivity index (χ0) is 24.7. The fraction of sp³-hybridized carbons (Fsp3) is 0.333. The highest BCUT2D eigenvalue weighted by Gasteiger charge is 2.55. The van der Waals surface area contributed by atoms with Crippen molar-refractivity contribution in [2.24, 2.45) is 0 Å². The van der Waals surface area contributed by atoms with Crippen molar-refractivity contribution in [3.63, 3.8) is 0 Å². The first kappa shape index (κ1) is 23.2. The van der Waals surface area contributed by atoms with Gasteiger partial charge in [-0.1, -0.05) is 24.3 Å². The summed E-state index contributed by atoms with van der Waals surface area (Å²) in [6.07, 6.45) is 0.217. The van der Waals surface area contributed by atoms with Gasteiger partial charge in [0.05, 0.1) is 5.69 Å². The first-order chi connectivity index (χ1) is 16.0. The van der Waals surface area contributed by atoms with Crippen LogP contribution in [0.1, 0.15) is 38.3 Å². The van der Waals surface area contributed by atoms with Crippen molar-refractivity contribution in [2.45, 2.75) is 44.8 Å². The van der Waals surface area contributed by atoms with Gasteiger partial charge in [0.15, 0.2) is 0 Å². The molecular weight excluding hydrogens is 443 g/mol. The van der Waals surface area contributed by atoms with Crippen molar-refractivity contribution in [1.82, 2.24) is 10.2 Å². The molecule has 9 nitrogen and oxygen atoms in total. The standard InChI is InChI=1S/C24H25FN4O5/c1-23(2,3)34-22(33)27-18-12-15(8-9-17(18)25)26-19(30)13-29-20(31)24(28-21(29)32)11-10-14-6-4-5-7-16(14)24/h4-9,12H,10-11,13H2,1-3H3,(H,26,30)(H,27,33)(H,28,32). The summed E-state index contributed by atoms with van der Waals surface area (Å²) in [5, 5.41) is 7.58. The first-order valence-electron chi connectivity index (χ1n) is 10.8. The van der Waals surface area contributed by atoms with Crippen molar-refractivity contribution < 1.29 is 28.3 Å². The van der Waals surface area contributed by atoms with E-state index in [-0.39, 0.29) is 11.4 Å². The minimum absolute atomic E-state index is 0.172. The number of carbonyl (C=O) groups excluding carboxylic acids is 4. The molecule has 1 aliphatic carbocycles. The van der Waals surface area contributed by atoms with Gasteiger partial charge >= 0.3 is 12.1 Å². The van der Waals surface area contributed by atoms with Crippen molar-refractivity contribution in [1.29, 1.82) is 0 Å². The third kappa shape index (κ3) is 4.43. The summed E-state index contributed by atoms with van der Waals surface area (Å²) in [6, 6.07) is 10.3. The maximum atomic E-state index is 14.1. The molecule has 1 heterocycles. The van der Waals surface area contributed by atoms with Crippen LogP contribution < -0.4 is 16.0 Å². The molecular formula is C24H25FN4O5. The number of nitrogens with zero attached hydrogens (tertiary/aromatic N) is 1. The Bertz CT molecular complexity index is 1190. The van der Waals surface area contributed by atoms with Gasteiger partial charge in [-0.2, -0.15) is 0 Å². The van der Waals surface area contributed by atoms with Gasteiger partial charge in [0, 0.05) is 5.69 Å². The summed E-state index contributed by atoms with van der Waals surface area (Å²) in [7, 11) is 0. The lowest BCUT2D eigenvalue weighted by Gasteiger charge is -2.22. The molecule has 178 valence electrons. The molecule has 3 N–H and O–H groups in total. The van der Waals surface area contributed by atoms with E-state index in [0.29, 0.717) is 12.8 Å². The van der Waals surface area contributed by atoms with Crippen molar-refractivity contribution in [3.05, 3.63) is 59.4 Å². The number of aryl methyl sites for hydroxylation is 1. The quantitative estimate of drug-likeness (QED) is 0.594. The van der Waals surface area contributed by atoms with Gasteiger partial charge in [0.25, 0.3) is 5.91 Å². The zero-order valence-electron chi connectivity index (χ0n) is 19.0. The smallest absolute Gasteiger partial charge is 0.412 e. The van der Waals surface area contributed by atoms with Gasteiger partial charge in [-0.05, 0) is 62.9 Å². The third-order valence-corrected chi connectivity index (χ3v) is 5.61. The number of hydrogen-bond donors (Lipinski definition) is 3. The molecule has 1 saturated heterocycles. The number of carbonyl (C=O) groups is 4. The summed E-state index contributed by atoms with van der Waals surface area (Å²) in [5.74, 6) is -1.86. The van der Waals surface area contributed by atoms with Crippen LogP contribution in [0.4, 0.5) is 25.4 Å². The summed E-state index contributed by atoms with van der Waals surface area (Å²) in [4.78, 5) is 51.2. The van der Waals surface area contributed by atoms with E-state index < -0.39 is 47.4 Å². The lowest BCUT2D eigenvalue weighted by Crippen LogP contribution is -2.43. The highest BCUT2D eigenvalue weighted by Crippen LogP contribution is 2.41. The maximum Gasteiger partial charge on any atom is 0.412 e. The molecule has 0 saturated carbocycles. The van der Waals surface area contributed by atoms with Crippen LogP contribution in [0.5, 0.6) is 0 Å². The lowest BCUT2D eigenvalue weighted by molar-refractivity contribution is -0.134. The molecule has 4 rings (SSSR count). The second kappa shape index (κ2) is 8.44. The van der Waals surface area contributed by atoms with Gasteiger partial charge in [-0.15, -0.1) is 0 Å². The fourth-order valence-electron chi connectivity index (χ4n) is 4.19. The van der Waals surface area contributed by atoms with E-state index in [1.165, 1.54) is 12.1 Å². The monoisotopic (exact) mass is 468 g/mol. The molecule has 0 aromatic heterocycles. The van der Waals surface area contributed by atoms with Gasteiger partial charge in [0.1, 0.15) is 23.5 Å². The Balaban J connectivity index is 1.44. The normalized spacial score (nSPS) is 19.1. The van der Waals surface area contributed by atoms with Crippen molar-refractivity contribution in [3.8, 4) is 0 Å². The van der Waals surface area contributed by atoms with E-state index in [2.05, 4.69) is 16.0 Å². The fourth-order valence-corrected chi connectivity index (χ4v) is 4.19. The van der Waals surface area contributed by atoms with Crippen LogP contribution in [0.25, 0.3) is 0 Å². The average molecular weight is 468 g/mol. The molecule has 1 fully saturated rings. The molecule has 1 atom stereocenters. The molecule has 2 aliphatic rings. The highest BCUT2D eigenvalue weighted by molar-refractivity contribution is 6.11. The number of imide groups is 1. The minimum atomic E-state index is -1.16. The van der Waals surface area contributed by atoms with Gasteiger partial charge in [-0.25, -0.2) is 14.0 Å². The predicted molar refractivity (Wildman–Crippen MR) is 122 cm³/mol. The van der Waals surface area contributed by atoms with Crippen molar-refractivity contribution >= 4 is 35.3 Å². The Labute approximate surface area is 195 Å². The molecule has 2 aromatic carbocycles. The third-order valence-electron chi connectivity index (χ3n) is 5.61. The van der Waals surface area contributed by atoms with E-state index in [0.717, 1.165) is 22.1 Å². The summed E-state index contributed by atoms with van der Waals surface area (Å²) < 4.78 is 19.2. The van der Waals surface area contributed by atoms with E-state index in [1.807, 2.05) is 18.2 Å². The number of hydrogen-bond acceptors (Lipinski definition) is 5.